The molecule has 3 aromatic carbocycles. The van der Waals surface area contributed by atoms with Gasteiger partial charge in [0.2, 0.25) is 0 Å². The first-order valence-corrected chi connectivity index (χ1v) is 9.96. The minimum atomic E-state index is -0.290. The number of hydrogen-bond acceptors (Lipinski definition) is 4. The Morgan fingerprint density at radius 2 is 1.59 bits per heavy atom. The van der Waals surface area contributed by atoms with Crippen LogP contribution in [0.2, 0.25) is 0 Å². The summed E-state index contributed by atoms with van der Waals surface area (Å²) in [5, 5.41) is 23.0. The van der Waals surface area contributed by atoms with Gasteiger partial charge in [-0.15, -0.1) is 0 Å². The van der Waals surface area contributed by atoms with Crippen molar-refractivity contribution in [3.05, 3.63) is 42.5 Å². The summed E-state index contributed by atoms with van der Waals surface area (Å²) in [6.45, 7) is 12.5. The molecule has 0 aliphatic carbocycles. The highest BCUT2D eigenvalue weighted by Gasteiger charge is 2.36. The van der Waals surface area contributed by atoms with Gasteiger partial charge in [-0.3, -0.25) is 4.79 Å². The molecular weight excluding hydrogens is 364 g/mol. The molecule has 2 N–H and O–H groups in total. The highest BCUT2D eigenvalue weighted by Crippen LogP contribution is 2.43. The number of phenols is 2. The maximum atomic E-state index is 13.3. The van der Waals surface area contributed by atoms with Crippen LogP contribution in [-0.4, -0.2) is 16.2 Å². The van der Waals surface area contributed by atoms with E-state index >= 15 is 0 Å². The first-order chi connectivity index (χ1) is 13.4. The zero-order valence-corrected chi connectivity index (χ0v) is 18.0. The molecule has 154 valence electrons. The summed E-state index contributed by atoms with van der Waals surface area (Å²) < 4.78 is 6.04. The summed E-state index contributed by atoms with van der Waals surface area (Å²) in [5.74, 6) is -0.570. The molecule has 0 bridgehead atoms. The third-order valence-electron chi connectivity index (χ3n) is 5.29. The zero-order valence-electron chi connectivity index (χ0n) is 18.0. The highest BCUT2D eigenvalue weighted by molar-refractivity contribution is 6.09. The summed E-state index contributed by atoms with van der Waals surface area (Å²) in [6.07, 6.45) is 0.698. The van der Waals surface area contributed by atoms with Crippen molar-refractivity contribution in [2.24, 2.45) is 16.7 Å². The highest BCUT2D eigenvalue weighted by atomic mass is 16.5. The molecule has 0 radical (unpaired) electrons. The van der Waals surface area contributed by atoms with Gasteiger partial charge in [0.05, 0.1) is 5.92 Å². The number of carbonyl (C=O) groups is 1. The molecule has 0 saturated carbocycles. The van der Waals surface area contributed by atoms with Crippen LogP contribution in [0.3, 0.4) is 0 Å². The molecule has 1 unspecified atom stereocenters. The number of aromatic hydroxyl groups is 2. The van der Waals surface area contributed by atoms with Gasteiger partial charge in [-0.1, -0.05) is 65.8 Å². The molecule has 0 amide bonds. The van der Waals surface area contributed by atoms with Crippen LogP contribution in [-0.2, 0) is 4.79 Å². The van der Waals surface area contributed by atoms with Crippen LogP contribution < -0.4 is 4.74 Å². The van der Waals surface area contributed by atoms with E-state index in [2.05, 4.69) is 41.5 Å². The molecule has 29 heavy (non-hydrogen) atoms. The molecule has 3 aromatic rings. The quantitative estimate of drug-likeness (QED) is 0.233. The van der Waals surface area contributed by atoms with Gasteiger partial charge in [-0.25, -0.2) is 0 Å². The lowest BCUT2D eigenvalue weighted by Crippen LogP contribution is -2.35. The van der Waals surface area contributed by atoms with Crippen molar-refractivity contribution < 1.29 is 19.7 Å². The lowest BCUT2D eigenvalue weighted by Gasteiger charge is -2.33. The maximum absolute atomic E-state index is 13.3. The van der Waals surface area contributed by atoms with Gasteiger partial charge in [0, 0.05) is 16.2 Å². The molecule has 0 heterocycles. The van der Waals surface area contributed by atoms with E-state index in [9.17, 15) is 15.0 Å². The molecule has 4 heteroatoms. The van der Waals surface area contributed by atoms with Crippen LogP contribution >= 0.6 is 0 Å². The second-order valence-corrected chi connectivity index (χ2v) is 10.1. The lowest BCUT2D eigenvalue weighted by molar-refractivity contribution is -0.143. The summed E-state index contributed by atoms with van der Waals surface area (Å²) in [6, 6.07) is 12.5. The fourth-order valence-corrected chi connectivity index (χ4v) is 3.71. The van der Waals surface area contributed by atoms with E-state index in [0.29, 0.717) is 22.9 Å². The Morgan fingerprint density at radius 3 is 2.21 bits per heavy atom. The molecule has 0 aliphatic rings. The number of fused-ring (bicyclic) bond motifs is 2. The molecule has 0 spiro atoms. The molecule has 3 rings (SSSR count). The molecule has 0 fully saturated rings. The third kappa shape index (κ3) is 4.31. The summed E-state index contributed by atoms with van der Waals surface area (Å²) in [7, 11) is 0. The first-order valence-electron chi connectivity index (χ1n) is 9.96. The number of esters is 1. The Kier molecular flexibility index (Phi) is 5.24. The van der Waals surface area contributed by atoms with Crippen LogP contribution in [0.25, 0.3) is 21.5 Å². The first kappa shape index (κ1) is 21.0. The smallest absolute Gasteiger partial charge is 0.314 e. The molecule has 0 aromatic heterocycles. The fraction of sp³-hybridized carbons (Fsp3) is 0.400. The van der Waals surface area contributed by atoms with Crippen molar-refractivity contribution in [1.29, 1.82) is 0 Å². The number of rotatable bonds is 3. The van der Waals surface area contributed by atoms with Crippen LogP contribution in [0.1, 0.15) is 48.0 Å². The van der Waals surface area contributed by atoms with E-state index in [0.717, 1.165) is 10.8 Å². The van der Waals surface area contributed by atoms with Gasteiger partial charge in [0.1, 0.15) is 5.75 Å². The van der Waals surface area contributed by atoms with E-state index < -0.39 is 0 Å². The van der Waals surface area contributed by atoms with Gasteiger partial charge in [0.25, 0.3) is 0 Å². The number of ether oxygens (including phenoxy) is 1. The zero-order chi connectivity index (χ0) is 21.6. The number of phenolic OH excluding ortho intramolecular Hbond substituents is 2. The predicted octanol–water partition coefficient (Wildman–Crippen LogP) is 6.41. The van der Waals surface area contributed by atoms with Gasteiger partial charge in [-0.2, -0.15) is 0 Å². The third-order valence-corrected chi connectivity index (χ3v) is 5.29. The largest absolute Gasteiger partial charge is 0.504 e. The molecule has 1 atom stereocenters. The average molecular weight is 395 g/mol. The van der Waals surface area contributed by atoms with Crippen molar-refractivity contribution in [2.75, 3.05) is 0 Å². The number of hydrogen-bond donors (Lipinski definition) is 2. The van der Waals surface area contributed by atoms with E-state index in [4.69, 9.17) is 4.74 Å². The Morgan fingerprint density at radius 1 is 0.931 bits per heavy atom. The van der Waals surface area contributed by atoms with Crippen LogP contribution in [0.4, 0.5) is 0 Å². The Balaban J connectivity index is 2.17. The lowest BCUT2D eigenvalue weighted by atomic mass is 9.72. The van der Waals surface area contributed by atoms with Crippen LogP contribution in [0, 0.1) is 16.7 Å². The van der Waals surface area contributed by atoms with Crippen molar-refractivity contribution in [2.45, 2.75) is 48.0 Å². The standard InChI is InChI=1S/C25H30O4/c1-24(2,3)14-19(25(4,5)6)23(28)29-22-16-10-8-7-9-15(16)13-18-17(22)11-12-20(26)21(18)27/h7-13,19,26-27H,14H2,1-6H3. The minimum Gasteiger partial charge on any atom is -0.504 e. The second kappa shape index (κ2) is 7.25. The van der Waals surface area contributed by atoms with Crippen molar-refractivity contribution in [3.8, 4) is 17.2 Å². The Hall–Kier alpha value is -2.75. The van der Waals surface area contributed by atoms with E-state index in [1.807, 2.05) is 24.3 Å². The predicted molar refractivity (Wildman–Crippen MR) is 117 cm³/mol. The van der Waals surface area contributed by atoms with Gasteiger partial charge in [-0.05, 0) is 40.8 Å². The van der Waals surface area contributed by atoms with Crippen LogP contribution in [0.15, 0.2) is 42.5 Å². The minimum absolute atomic E-state index is 0.0259. The Bertz CT molecular complexity index is 1070. The second-order valence-electron chi connectivity index (χ2n) is 10.1. The monoisotopic (exact) mass is 394 g/mol. The van der Waals surface area contributed by atoms with Gasteiger partial charge < -0.3 is 14.9 Å². The van der Waals surface area contributed by atoms with E-state index in [-0.39, 0.29) is 34.2 Å². The SMILES string of the molecule is CC(C)(C)CC(C(=O)Oc1c2ccccc2cc2c(O)c(O)ccc12)C(C)(C)C. The number of carbonyl (C=O) groups excluding carboxylic acids is 1. The summed E-state index contributed by atoms with van der Waals surface area (Å²) >= 11 is 0. The van der Waals surface area contributed by atoms with Crippen LogP contribution in [0.5, 0.6) is 17.2 Å². The molecular formula is C25H30O4. The maximum Gasteiger partial charge on any atom is 0.314 e. The normalized spacial score (nSPS) is 13.6. The Labute approximate surface area is 172 Å². The summed E-state index contributed by atoms with van der Waals surface area (Å²) in [4.78, 5) is 13.3. The van der Waals surface area contributed by atoms with Gasteiger partial charge >= 0.3 is 5.97 Å². The average Bonchev–Trinajstić information content (AvgIpc) is 2.61. The molecule has 0 saturated heterocycles. The topological polar surface area (TPSA) is 66.8 Å². The number of benzene rings is 3. The van der Waals surface area contributed by atoms with E-state index in [1.165, 1.54) is 6.07 Å². The van der Waals surface area contributed by atoms with Crippen molar-refractivity contribution in [3.63, 3.8) is 0 Å². The fourth-order valence-electron chi connectivity index (χ4n) is 3.71. The summed E-state index contributed by atoms with van der Waals surface area (Å²) in [5.41, 5.74) is -0.285. The van der Waals surface area contributed by atoms with E-state index in [1.54, 1.807) is 12.1 Å². The van der Waals surface area contributed by atoms with Gasteiger partial charge in [0.15, 0.2) is 11.5 Å². The van der Waals surface area contributed by atoms with Crippen molar-refractivity contribution >= 4 is 27.5 Å². The molecule has 4 nitrogen and oxygen atoms in total. The van der Waals surface area contributed by atoms with Crippen molar-refractivity contribution in [1.82, 2.24) is 0 Å². The molecule has 0 aliphatic heterocycles.